The number of nitrogens with zero attached hydrogens (tertiary/aromatic N) is 3. The van der Waals surface area contributed by atoms with Crippen molar-refractivity contribution in [1.29, 1.82) is 0 Å². The van der Waals surface area contributed by atoms with Crippen molar-refractivity contribution in [2.45, 2.75) is 19.1 Å². The van der Waals surface area contributed by atoms with Gasteiger partial charge in [0.15, 0.2) is 0 Å². The summed E-state index contributed by atoms with van der Waals surface area (Å²) in [6.45, 7) is 0.682. The first-order chi connectivity index (χ1) is 9.31. The van der Waals surface area contributed by atoms with Gasteiger partial charge in [0, 0.05) is 6.42 Å². The van der Waals surface area contributed by atoms with Crippen LogP contribution in [0.3, 0.4) is 0 Å². The van der Waals surface area contributed by atoms with E-state index in [1.54, 1.807) is 0 Å². The van der Waals surface area contributed by atoms with E-state index in [0.29, 0.717) is 6.54 Å². The van der Waals surface area contributed by atoms with E-state index in [2.05, 4.69) is 15.4 Å². The third-order valence-electron chi connectivity index (χ3n) is 3.01. The van der Waals surface area contributed by atoms with Gasteiger partial charge < -0.3 is 10.1 Å². The molecule has 0 radical (unpaired) electrons. The molecule has 1 aromatic heterocycles. The molecule has 2 heterocycles. The first kappa shape index (κ1) is 11.7. The molecule has 1 aromatic carbocycles. The fourth-order valence-electron chi connectivity index (χ4n) is 2.11. The number of hydrogen-bond acceptors (Lipinski definition) is 4. The molecule has 6 nitrogen and oxygen atoms in total. The van der Waals surface area contributed by atoms with Gasteiger partial charge in [-0.15, -0.1) is 0 Å². The van der Waals surface area contributed by atoms with Crippen molar-refractivity contribution in [1.82, 2.24) is 20.1 Å². The SMILES string of the molecule is O=C(Cn1cncn1)NC[C@H]1Cc2ccccc2O1. The Kier molecular flexibility index (Phi) is 3.14. The topological polar surface area (TPSA) is 69.0 Å². The van der Waals surface area contributed by atoms with Crippen LogP contribution < -0.4 is 10.1 Å². The smallest absolute Gasteiger partial charge is 0.241 e. The molecule has 0 bridgehead atoms. The van der Waals surface area contributed by atoms with Gasteiger partial charge in [0.2, 0.25) is 5.91 Å². The number of fused-ring (bicyclic) bond motifs is 1. The Morgan fingerprint density at radius 2 is 2.37 bits per heavy atom. The molecule has 19 heavy (non-hydrogen) atoms. The molecule has 0 saturated carbocycles. The molecule has 3 rings (SSSR count). The average molecular weight is 258 g/mol. The molecule has 1 amide bonds. The van der Waals surface area contributed by atoms with Crippen LogP contribution in [0.15, 0.2) is 36.9 Å². The Morgan fingerprint density at radius 1 is 1.47 bits per heavy atom. The second kappa shape index (κ2) is 5.09. The third kappa shape index (κ3) is 2.73. The highest BCUT2D eigenvalue weighted by molar-refractivity contribution is 5.75. The normalized spacial score (nSPS) is 16.7. The molecule has 0 fully saturated rings. The monoisotopic (exact) mass is 258 g/mol. The summed E-state index contributed by atoms with van der Waals surface area (Å²) in [6.07, 6.45) is 3.77. The zero-order valence-corrected chi connectivity index (χ0v) is 10.3. The van der Waals surface area contributed by atoms with Crippen molar-refractivity contribution >= 4 is 5.91 Å². The van der Waals surface area contributed by atoms with Crippen LogP contribution in [0.2, 0.25) is 0 Å². The first-order valence-corrected chi connectivity index (χ1v) is 6.15. The Balaban J connectivity index is 1.48. The molecule has 0 spiro atoms. The Hall–Kier alpha value is -2.37. The van der Waals surface area contributed by atoms with Crippen LogP contribution in [-0.2, 0) is 17.8 Å². The van der Waals surface area contributed by atoms with E-state index in [0.717, 1.165) is 12.2 Å². The highest BCUT2D eigenvalue weighted by Crippen LogP contribution is 2.27. The number of benzene rings is 1. The summed E-state index contributed by atoms with van der Waals surface area (Å²) in [5.74, 6) is 0.822. The molecule has 2 aromatic rings. The molecule has 1 atom stereocenters. The van der Waals surface area contributed by atoms with Crippen LogP contribution in [0, 0.1) is 0 Å². The van der Waals surface area contributed by atoms with E-state index in [-0.39, 0.29) is 18.6 Å². The lowest BCUT2D eigenvalue weighted by Crippen LogP contribution is -2.36. The van der Waals surface area contributed by atoms with E-state index in [1.807, 2.05) is 24.3 Å². The number of carbonyl (C=O) groups excluding carboxylic acids is 1. The fraction of sp³-hybridized carbons (Fsp3) is 0.308. The van der Waals surface area contributed by atoms with Gasteiger partial charge in [-0.2, -0.15) is 5.10 Å². The Morgan fingerprint density at radius 3 is 3.16 bits per heavy atom. The number of rotatable bonds is 4. The second-order valence-corrected chi connectivity index (χ2v) is 4.45. The highest BCUT2D eigenvalue weighted by atomic mass is 16.5. The molecule has 0 unspecified atom stereocenters. The van der Waals surface area contributed by atoms with Crippen LogP contribution in [0.25, 0.3) is 0 Å². The summed E-state index contributed by atoms with van der Waals surface area (Å²) in [5, 5.41) is 6.73. The van der Waals surface area contributed by atoms with Gasteiger partial charge in [-0.05, 0) is 11.6 Å². The quantitative estimate of drug-likeness (QED) is 0.861. The van der Waals surface area contributed by atoms with Crippen molar-refractivity contribution in [3.63, 3.8) is 0 Å². The van der Waals surface area contributed by atoms with Gasteiger partial charge in [0.05, 0.1) is 6.54 Å². The van der Waals surface area contributed by atoms with Gasteiger partial charge in [-0.1, -0.05) is 18.2 Å². The molecule has 1 aliphatic rings. The number of para-hydroxylation sites is 1. The van der Waals surface area contributed by atoms with Crippen LogP contribution in [0.4, 0.5) is 0 Å². The lowest BCUT2D eigenvalue weighted by Gasteiger charge is -2.11. The van der Waals surface area contributed by atoms with Crippen molar-refractivity contribution in [2.75, 3.05) is 6.54 Å². The maximum Gasteiger partial charge on any atom is 0.241 e. The molecule has 98 valence electrons. The number of amides is 1. The summed E-state index contributed by atoms with van der Waals surface area (Å²) in [6, 6.07) is 7.94. The van der Waals surface area contributed by atoms with Crippen LogP contribution in [-0.4, -0.2) is 33.3 Å². The molecular weight excluding hydrogens is 244 g/mol. The number of nitrogens with one attached hydrogen (secondary N) is 1. The zero-order valence-electron chi connectivity index (χ0n) is 10.3. The second-order valence-electron chi connectivity index (χ2n) is 4.45. The lowest BCUT2D eigenvalue weighted by molar-refractivity contribution is -0.122. The molecule has 6 heteroatoms. The van der Waals surface area contributed by atoms with E-state index in [1.165, 1.54) is 22.9 Å². The van der Waals surface area contributed by atoms with Gasteiger partial charge >= 0.3 is 0 Å². The number of hydrogen-bond donors (Lipinski definition) is 1. The summed E-state index contributed by atoms with van der Waals surface area (Å²) >= 11 is 0. The Labute approximate surface area is 110 Å². The number of carbonyl (C=O) groups is 1. The van der Waals surface area contributed by atoms with E-state index < -0.39 is 0 Å². The van der Waals surface area contributed by atoms with Crippen molar-refractivity contribution < 1.29 is 9.53 Å². The van der Waals surface area contributed by atoms with Crippen molar-refractivity contribution in [3.8, 4) is 5.75 Å². The maximum atomic E-state index is 11.7. The predicted octanol–water partition coefficient (Wildman–Crippen LogP) is 0.398. The average Bonchev–Trinajstić information content (AvgIpc) is 3.04. The lowest BCUT2D eigenvalue weighted by atomic mass is 10.1. The van der Waals surface area contributed by atoms with Crippen LogP contribution in [0.1, 0.15) is 5.56 Å². The molecule has 0 saturated heterocycles. The Bertz CT molecular complexity index is 543. The predicted molar refractivity (Wildman–Crippen MR) is 67.6 cm³/mol. The van der Waals surface area contributed by atoms with Gasteiger partial charge in [-0.3, -0.25) is 4.79 Å². The van der Waals surface area contributed by atoms with E-state index in [4.69, 9.17) is 4.74 Å². The summed E-state index contributed by atoms with van der Waals surface area (Å²) in [5.41, 5.74) is 1.19. The third-order valence-corrected chi connectivity index (χ3v) is 3.01. The molecule has 1 aliphatic heterocycles. The van der Waals surface area contributed by atoms with Gasteiger partial charge in [0.25, 0.3) is 0 Å². The zero-order chi connectivity index (χ0) is 13.1. The van der Waals surface area contributed by atoms with Gasteiger partial charge in [-0.25, -0.2) is 9.67 Å². The first-order valence-electron chi connectivity index (χ1n) is 6.15. The maximum absolute atomic E-state index is 11.7. The van der Waals surface area contributed by atoms with E-state index in [9.17, 15) is 4.79 Å². The summed E-state index contributed by atoms with van der Waals surface area (Å²) in [7, 11) is 0. The summed E-state index contributed by atoms with van der Waals surface area (Å²) < 4.78 is 7.23. The standard InChI is InChI=1S/C13H14N4O2/c18-13(7-17-9-14-8-16-17)15-6-11-5-10-3-1-2-4-12(10)19-11/h1-4,8-9,11H,5-7H2,(H,15,18)/t11-/m1/s1. The van der Waals surface area contributed by atoms with Gasteiger partial charge in [0.1, 0.15) is 31.1 Å². The number of ether oxygens (including phenoxy) is 1. The van der Waals surface area contributed by atoms with Crippen molar-refractivity contribution in [2.24, 2.45) is 0 Å². The van der Waals surface area contributed by atoms with E-state index >= 15 is 0 Å². The van der Waals surface area contributed by atoms with Crippen LogP contribution >= 0.6 is 0 Å². The summed E-state index contributed by atoms with van der Waals surface area (Å²) in [4.78, 5) is 15.5. The van der Waals surface area contributed by atoms with Crippen LogP contribution in [0.5, 0.6) is 5.75 Å². The number of aromatic nitrogens is 3. The fourth-order valence-corrected chi connectivity index (χ4v) is 2.11. The minimum atomic E-state index is -0.0925. The molecular formula is C13H14N4O2. The minimum Gasteiger partial charge on any atom is -0.488 e. The van der Waals surface area contributed by atoms with Crippen molar-refractivity contribution in [3.05, 3.63) is 42.5 Å². The largest absolute Gasteiger partial charge is 0.488 e. The molecule has 0 aliphatic carbocycles. The molecule has 1 N–H and O–H groups in total. The minimum absolute atomic E-state index is 0.0112. The highest BCUT2D eigenvalue weighted by Gasteiger charge is 2.22.